The Morgan fingerprint density at radius 2 is 2.10 bits per heavy atom. The quantitative estimate of drug-likeness (QED) is 0.563. The van der Waals surface area contributed by atoms with Crippen LogP contribution in [0.2, 0.25) is 0 Å². The van der Waals surface area contributed by atoms with Gasteiger partial charge in [-0.05, 0) is 30.1 Å². The standard InChI is InChI=1S/C10H20/c1-5-8(2)6-10(4)7-9(10)3/h8-9H,5-7H2,1-4H3. The maximum Gasteiger partial charge on any atom is -0.0295 e. The third-order valence-electron chi connectivity index (χ3n) is 3.31. The minimum absolute atomic E-state index is 0.732. The molecule has 0 radical (unpaired) electrons. The predicted octanol–water partition coefficient (Wildman–Crippen LogP) is 3.47. The average molecular weight is 140 g/mol. The molecule has 0 spiro atoms. The van der Waals surface area contributed by atoms with E-state index >= 15 is 0 Å². The van der Waals surface area contributed by atoms with Crippen LogP contribution in [0, 0.1) is 17.3 Å². The summed E-state index contributed by atoms with van der Waals surface area (Å²) >= 11 is 0. The van der Waals surface area contributed by atoms with Crippen LogP contribution in [0.5, 0.6) is 0 Å². The van der Waals surface area contributed by atoms with Crippen molar-refractivity contribution < 1.29 is 0 Å². The second-order valence-corrected chi connectivity index (χ2v) is 4.48. The highest BCUT2D eigenvalue weighted by Crippen LogP contribution is 2.56. The molecule has 0 bridgehead atoms. The van der Waals surface area contributed by atoms with Gasteiger partial charge < -0.3 is 0 Å². The van der Waals surface area contributed by atoms with Gasteiger partial charge in [-0.2, -0.15) is 0 Å². The highest BCUT2D eigenvalue weighted by atomic mass is 14.5. The third kappa shape index (κ3) is 1.53. The molecule has 0 amide bonds. The highest BCUT2D eigenvalue weighted by molar-refractivity contribution is 4.96. The second-order valence-electron chi connectivity index (χ2n) is 4.48. The van der Waals surface area contributed by atoms with Crippen molar-refractivity contribution in [1.82, 2.24) is 0 Å². The summed E-state index contributed by atoms with van der Waals surface area (Å²) in [6, 6.07) is 0. The van der Waals surface area contributed by atoms with Gasteiger partial charge in [-0.3, -0.25) is 0 Å². The van der Waals surface area contributed by atoms with Crippen LogP contribution in [0.4, 0.5) is 0 Å². The SMILES string of the molecule is CCC(C)CC1(C)CC1C. The fraction of sp³-hybridized carbons (Fsp3) is 1.00. The van der Waals surface area contributed by atoms with Gasteiger partial charge in [-0.25, -0.2) is 0 Å². The van der Waals surface area contributed by atoms with Gasteiger partial charge in [-0.1, -0.05) is 34.1 Å². The Labute approximate surface area is 65.0 Å². The molecule has 3 atom stereocenters. The van der Waals surface area contributed by atoms with E-state index in [0.717, 1.165) is 17.3 Å². The Kier molecular flexibility index (Phi) is 2.07. The van der Waals surface area contributed by atoms with Gasteiger partial charge in [0.05, 0.1) is 0 Å². The van der Waals surface area contributed by atoms with Gasteiger partial charge in [0.2, 0.25) is 0 Å². The lowest BCUT2D eigenvalue weighted by Crippen LogP contribution is -2.03. The molecular formula is C10H20. The van der Waals surface area contributed by atoms with Gasteiger partial charge >= 0.3 is 0 Å². The third-order valence-corrected chi connectivity index (χ3v) is 3.31. The summed E-state index contributed by atoms with van der Waals surface area (Å²) in [5.74, 6) is 1.94. The summed E-state index contributed by atoms with van der Waals surface area (Å²) in [5, 5.41) is 0. The van der Waals surface area contributed by atoms with Crippen molar-refractivity contribution >= 4 is 0 Å². The van der Waals surface area contributed by atoms with Gasteiger partial charge in [-0.15, -0.1) is 0 Å². The minimum atomic E-state index is 0.732. The number of hydrogen-bond donors (Lipinski definition) is 0. The predicted molar refractivity (Wildman–Crippen MR) is 46.0 cm³/mol. The molecule has 0 aromatic carbocycles. The van der Waals surface area contributed by atoms with E-state index in [1.54, 1.807) is 0 Å². The fourth-order valence-electron chi connectivity index (χ4n) is 1.87. The van der Waals surface area contributed by atoms with Crippen LogP contribution in [0.3, 0.4) is 0 Å². The molecule has 0 heterocycles. The Bertz CT molecular complexity index is 117. The number of rotatable bonds is 3. The molecule has 0 aliphatic heterocycles. The average Bonchev–Trinajstić information content (AvgIpc) is 2.40. The maximum atomic E-state index is 2.43. The van der Waals surface area contributed by atoms with Crippen LogP contribution in [-0.2, 0) is 0 Å². The largest absolute Gasteiger partial charge is 0.0651 e. The van der Waals surface area contributed by atoms with Crippen molar-refractivity contribution in [3.8, 4) is 0 Å². The van der Waals surface area contributed by atoms with E-state index in [2.05, 4.69) is 27.7 Å². The second kappa shape index (κ2) is 2.56. The van der Waals surface area contributed by atoms with Crippen LogP contribution in [-0.4, -0.2) is 0 Å². The normalized spacial score (nSPS) is 41.4. The molecule has 1 saturated carbocycles. The lowest BCUT2D eigenvalue weighted by atomic mass is 9.91. The topological polar surface area (TPSA) is 0 Å². The van der Waals surface area contributed by atoms with Crippen LogP contribution >= 0.6 is 0 Å². The van der Waals surface area contributed by atoms with Crippen molar-refractivity contribution in [2.75, 3.05) is 0 Å². The van der Waals surface area contributed by atoms with Crippen molar-refractivity contribution in [3.63, 3.8) is 0 Å². The first-order valence-electron chi connectivity index (χ1n) is 4.58. The van der Waals surface area contributed by atoms with E-state index in [-0.39, 0.29) is 0 Å². The zero-order valence-corrected chi connectivity index (χ0v) is 7.78. The molecule has 10 heavy (non-hydrogen) atoms. The first-order chi connectivity index (χ1) is 4.58. The summed E-state index contributed by atoms with van der Waals surface area (Å²) in [5.41, 5.74) is 0.732. The van der Waals surface area contributed by atoms with Gasteiger partial charge in [0.1, 0.15) is 0 Å². The van der Waals surface area contributed by atoms with E-state index < -0.39 is 0 Å². The monoisotopic (exact) mass is 140 g/mol. The summed E-state index contributed by atoms with van der Waals surface area (Å²) in [6.07, 6.45) is 4.27. The molecule has 0 aromatic rings. The molecule has 1 aliphatic carbocycles. The molecule has 1 aliphatic rings. The first kappa shape index (κ1) is 8.10. The Morgan fingerprint density at radius 3 is 2.40 bits per heavy atom. The van der Waals surface area contributed by atoms with E-state index in [4.69, 9.17) is 0 Å². The molecule has 60 valence electrons. The smallest absolute Gasteiger partial charge is 0.0295 e. The molecule has 0 N–H and O–H groups in total. The molecule has 0 aromatic heterocycles. The van der Waals surface area contributed by atoms with E-state index in [1.165, 1.54) is 19.3 Å². The van der Waals surface area contributed by atoms with Crippen molar-refractivity contribution in [2.24, 2.45) is 17.3 Å². The Balaban J connectivity index is 2.26. The van der Waals surface area contributed by atoms with Crippen molar-refractivity contribution in [2.45, 2.75) is 47.0 Å². The lowest BCUT2D eigenvalue weighted by molar-refractivity contribution is 0.368. The van der Waals surface area contributed by atoms with E-state index in [9.17, 15) is 0 Å². The van der Waals surface area contributed by atoms with Crippen molar-refractivity contribution in [1.29, 1.82) is 0 Å². The molecule has 0 nitrogen and oxygen atoms in total. The van der Waals surface area contributed by atoms with Gasteiger partial charge in [0.15, 0.2) is 0 Å². The van der Waals surface area contributed by atoms with Crippen molar-refractivity contribution in [3.05, 3.63) is 0 Å². The highest BCUT2D eigenvalue weighted by Gasteiger charge is 2.46. The first-order valence-corrected chi connectivity index (χ1v) is 4.58. The van der Waals surface area contributed by atoms with Gasteiger partial charge in [0.25, 0.3) is 0 Å². The summed E-state index contributed by atoms with van der Waals surface area (Å²) < 4.78 is 0. The number of hydrogen-bond acceptors (Lipinski definition) is 0. The van der Waals surface area contributed by atoms with Crippen LogP contribution in [0.25, 0.3) is 0 Å². The minimum Gasteiger partial charge on any atom is -0.0651 e. The Hall–Kier alpha value is 0. The molecule has 0 heteroatoms. The fourth-order valence-corrected chi connectivity index (χ4v) is 1.87. The summed E-state index contributed by atoms with van der Waals surface area (Å²) in [6.45, 7) is 9.48. The Morgan fingerprint density at radius 1 is 1.60 bits per heavy atom. The molecule has 1 fully saturated rings. The van der Waals surface area contributed by atoms with Crippen LogP contribution in [0.1, 0.15) is 47.0 Å². The molecule has 1 rings (SSSR count). The lowest BCUT2D eigenvalue weighted by Gasteiger charge is -2.14. The summed E-state index contributed by atoms with van der Waals surface area (Å²) in [4.78, 5) is 0. The van der Waals surface area contributed by atoms with Crippen LogP contribution in [0.15, 0.2) is 0 Å². The van der Waals surface area contributed by atoms with E-state index in [1.807, 2.05) is 0 Å². The molecule has 3 unspecified atom stereocenters. The van der Waals surface area contributed by atoms with Crippen LogP contribution < -0.4 is 0 Å². The zero-order valence-electron chi connectivity index (χ0n) is 7.78. The van der Waals surface area contributed by atoms with Gasteiger partial charge in [0, 0.05) is 0 Å². The zero-order chi connectivity index (χ0) is 7.78. The maximum absolute atomic E-state index is 2.43. The molecular weight excluding hydrogens is 120 g/mol. The van der Waals surface area contributed by atoms with E-state index in [0.29, 0.717) is 0 Å². The summed E-state index contributed by atoms with van der Waals surface area (Å²) in [7, 11) is 0. The molecule has 0 saturated heterocycles.